The molecule has 3 fully saturated rings. The monoisotopic (exact) mass is 2040 g/mol. The number of ether oxygens (including phenoxy) is 6. The van der Waals surface area contributed by atoms with Gasteiger partial charge in [-0.15, -0.1) is 0 Å². The summed E-state index contributed by atoms with van der Waals surface area (Å²) in [4.78, 5) is 107. The fourth-order valence-corrected chi connectivity index (χ4v) is 18.1. The number of fused-ring (bicyclic) bond motifs is 1. The molecule has 3 saturated heterocycles. The zero-order chi connectivity index (χ0) is 105. The number of hydrogen-bond acceptors (Lipinski definition) is 40. The first-order chi connectivity index (χ1) is 68.1. The number of sulfonamides is 1. The molecule has 16 rings (SSSR count). The van der Waals surface area contributed by atoms with E-state index >= 15 is 0 Å². The first kappa shape index (κ1) is 115. The Kier molecular flexibility index (Phi) is 43.7. The molecule has 6 aromatic carbocycles. The van der Waals surface area contributed by atoms with E-state index in [1.165, 1.54) is 25.7 Å². The van der Waals surface area contributed by atoms with Crippen LogP contribution >= 0.6 is 0 Å². The number of nitrogens with zero attached hydrogens (tertiary/aromatic N) is 5. The van der Waals surface area contributed by atoms with Crippen LogP contribution in [0.4, 0.5) is 28.4 Å². The first-order valence-corrected chi connectivity index (χ1v) is 48.0. The van der Waals surface area contributed by atoms with E-state index in [0.29, 0.717) is 50.1 Å². The van der Waals surface area contributed by atoms with Crippen molar-refractivity contribution < 1.29 is 193 Å². The minimum atomic E-state index is -4.26. The Morgan fingerprint density at radius 3 is 0.895 bits per heavy atom. The van der Waals surface area contributed by atoms with Gasteiger partial charge in [-0.3, -0.25) is 33.6 Å². The van der Waals surface area contributed by atoms with Crippen molar-refractivity contribution in [3.8, 4) is 0 Å². The molecule has 792 valence electrons. The van der Waals surface area contributed by atoms with E-state index in [1.54, 1.807) is 121 Å². The second kappa shape index (κ2) is 54.2. The van der Waals surface area contributed by atoms with Crippen molar-refractivity contribution in [2.75, 3.05) is 131 Å². The van der Waals surface area contributed by atoms with Gasteiger partial charge in [0.2, 0.25) is 33.7 Å². The minimum absolute atomic E-state index is 0.0112. The summed E-state index contributed by atoms with van der Waals surface area (Å²) < 4.78 is 63.3. The number of benzene rings is 6. The number of aliphatic hydroxyl groups is 24. The van der Waals surface area contributed by atoms with Gasteiger partial charge in [0.15, 0.2) is 37.2 Å². The number of anilines is 5. The Labute approximate surface area is 821 Å². The van der Waals surface area contributed by atoms with E-state index in [4.69, 9.17) is 28.4 Å². The van der Waals surface area contributed by atoms with Crippen molar-refractivity contribution in [3.05, 3.63) is 156 Å². The summed E-state index contributed by atoms with van der Waals surface area (Å²) in [5, 5.41) is 261. The highest BCUT2D eigenvalue weighted by Gasteiger charge is 2.52. The van der Waals surface area contributed by atoms with Crippen LogP contribution in [0.3, 0.4) is 0 Å². The average Bonchev–Trinajstić information content (AvgIpc) is 0.654. The molecule has 8 bridgehead atoms. The van der Waals surface area contributed by atoms with Gasteiger partial charge in [-0.05, 0) is 121 Å². The van der Waals surface area contributed by atoms with Crippen molar-refractivity contribution in [2.45, 2.75) is 234 Å². The molecule has 10 heterocycles. The lowest BCUT2D eigenvalue weighted by molar-refractivity contribution is -0.326. The number of carbonyl (C=O) groups excluding carboxylic acids is 7. The van der Waals surface area contributed by atoms with Crippen molar-refractivity contribution in [2.24, 2.45) is 0 Å². The molecule has 10 aliphatic heterocycles. The van der Waals surface area contributed by atoms with Crippen LogP contribution < -0.4 is 45.2 Å². The van der Waals surface area contributed by atoms with Crippen LogP contribution in [0.2, 0.25) is 0 Å². The summed E-state index contributed by atoms with van der Waals surface area (Å²) in [6.45, 7) is -8.45. The molecule has 10 aliphatic rings. The molecular formula is C94H131N9O39S. The molecule has 27 atom stereocenters. The maximum atomic E-state index is 14.8. The van der Waals surface area contributed by atoms with Crippen LogP contribution in [-0.2, 0) is 84.8 Å². The summed E-state index contributed by atoms with van der Waals surface area (Å²) in [5.41, 5.74) is 4.77. The maximum absolute atomic E-state index is 14.8. The molecule has 6 aromatic rings. The van der Waals surface area contributed by atoms with Gasteiger partial charge in [-0.1, -0.05) is 72.8 Å². The summed E-state index contributed by atoms with van der Waals surface area (Å²) in [6.07, 6.45) is -57.0. The molecule has 28 N–H and O–H groups in total. The van der Waals surface area contributed by atoms with E-state index in [2.05, 4.69) is 20.7 Å². The lowest BCUT2D eigenvalue weighted by Gasteiger charge is -2.42. The second-order valence-corrected chi connectivity index (χ2v) is 37.1. The highest BCUT2D eigenvalue weighted by atomic mass is 32.2. The molecule has 0 unspecified atom stereocenters. The molecule has 0 radical (unpaired) electrons. The molecule has 143 heavy (non-hydrogen) atoms. The van der Waals surface area contributed by atoms with Gasteiger partial charge in [-0.2, -0.15) is 0 Å². The Hall–Kier alpha value is -9.62. The molecule has 7 amide bonds. The van der Waals surface area contributed by atoms with Crippen LogP contribution in [0, 0.1) is 0 Å². The predicted molar refractivity (Wildman–Crippen MR) is 501 cm³/mol. The topological polar surface area (TPSA) is 759 Å². The van der Waals surface area contributed by atoms with Gasteiger partial charge < -0.3 is 191 Å². The Balaban J connectivity index is 0.925. The third-order valence-corrected chi connectivity index (χ3v) is 26.6. The molecule has 0 aromatic heterocycles. The summed E-state index contributed by atoms with van der Waals surface area (Å²) in [6, 6.07) is 37.0. The average molecular weight is 2040 g/mol. The molecular weight excluding hydrogens is 1910 g/mol. The van der Waals surface area contributed by atoms with Crippen LogP contribution in [-0.4, -0.2) is 444 Å². The zero-order valence-corrected chi connectivity index (χ0v) is 79.1. The lowest BCUT2D eigenvalue weighted by Crippen LogP contribution is -2.62. The van der Waals surface area contributed by atoms with Crippen molar-refractivity contribution >= 4 is 90.6 Å². The van der Waals surface area contributed by atoms with Crippen LogP contribution in [0.25, 0.3) is 10.8 Å². The fourth-order valence-electron chi connectivity index (χ4n) is 16.8. The molecule has 49 heteroatoms. The van der Waals surface area contributed by atoms with Gasteiger partial charge in [-0.25, -0.2) is 13.1 Å². The summed E-state index contributed by atoms with van der Waals surface area (Å²) >= 11 is 0. The van der Waals surface area contributed by atoms with E-state index in [9.17, 15) is 165 Å². The number of rotatable bonds is 39. The third kappa shape index (κ3) is 29.7. The van der Waals surface area contributed by atoms with E-state index in [0.717, 1.165) is 5.69 Å². The Morgan fingerprint density at radius 2 is 0.629 bits per heavy atom. The number of carbonyl (C=O) groups is 7. The zero-order valence-electron chi connectivity index (χ0n) is 78.3. The SMILES string of the molecule is CN(C)c1cccc2c(S(=O)(=O)NCCC(=O)N3CCCCN(C(=O)CCNC(=O)[C@@H](O)[C@H](O)[C@@H](O[C@@H]4O[C@H](CO)[C@H](O)[C@H](O)[C@H]4O)[C@@H](O)CO)c4ccc(cc4)Cc4ccc(cc4)N(C(=O)CCNC(=O)[C@@H](O)[C@H](O)[C@@H](O[C@@H]4O[C@H](CO)[C@H](O)[C@H](O)[C@H]4O)[C@@H](O)CO)CCCCN(C(=O)CCNC(=O)[C@@H](O)[C@H](O)[C@@H](O[C@@H]4O[C@H](CO)[C@H](O)[C@H](O)[C@H]4O)[C@@H](O)CO)c4ccc(cc4)Cc4ccc3cc4)cccc12. The van der Waals surface area contributed by atoms with E-state index < -0.39 is 295 Å². The summed E-state index contributed by atoms with van der Waals surface area (Å²) in [7, 11) is -0.619. The summed E-state index contributed by atoms with van der Waals surface area (Å²) in [5.74, 6) is -6.43. The van der Waals surface area contributed by atoms with E-state index in [1.807, 2.05) is 25.1 Å². The minimum Gasteiger partial charge on any atom is -0.394 e. The quantitative estimate of drug-likeness (QED) is 0.0170. The largest absolute Gasteiger partial charge is 0.394 e. The van der Waals surface area contributed by atoms with Crippen LogP contribution in [0.1, 0.15) is 73.6 Å². The normalized spacial score (nSPS) is 25.5. The van der Waals surface area contributed by atoms with Gasteiger partial charge in [0.25, 0.3) is 17.7 Å². The fraction of sp³-hybridized carbons (Fsp3) is 0.564. The Morgan fingerprint density at radius 1 is 0.364 bits per heavy atom. The highest BCUT2D eigenvalue weighted by Crippen LogP contribution is 2.35. The van der Waals surface area contributed by atoms with Gasteiger partial charge in [0, 0.05) is 131 Å². The maximum Gasteiger partial charge on any atom is 0.251 e. The third-order valence-electron chi connectivity index (χ3n) is 25.1. The molecule has 0 saturated carbocycles. The van der Waals surface area contributed by atoms with E-state index in [-0.39, 0.29) is 88.3 Å². The Bertz CT molecular complexity index is 5180. The van der Waals surface area contributed by atoms with Crippen molar-refractivity contribution in [3.63, 3.8) is 0 Å². The number of amides is 7. The van der Waals surface area contributed by atoms with Crippen LogP contribution in [0.5, 0.6) is 0 Å². The first-order valence-electron chi connectivity index (χ1n) is 46.5. The standard InChI is InChI=1S/C94H131N9O39S/c1-99(2)59-11-7-10-58-57(59)9-8-12-66(58)143(135,136)98-36-32-70(116)103-40-6-5-39-102(69(115)31-35-97-91(134)82(128)79(125)88(62(112)45-106)142-94-85(131)76(122)73(119)65(48-109)139-94)55-25-15-50(16-26-55)41-49-13-21-53(22-14-49)100(67(113)29-33-95-89(132)80(126)77(123)86(60(110)43-104)140-92-83(129)74(120)71(117)63(46-107)137-92)37-3-4-38-101(54-23-17-51(18-24-54)42-52-19-27-56(103)28-20-52)68(114)30-34-96-90(133)81(127)78(124)87(61(111)44-105)141-93-84(130)75(121)72(118)64(47-108)138-93/h7-28,60-65,71-88,92-94,98,104-112,117-131H,3-6,29-48H2,1-2H3,(H,95,132)(H,96,133)(H,97,134)/t60-,61-,62-,63+,64+,65+,71-,72-,73-,74-,75-,76-,77-,78-,79-,80-,81-,82-,83+,84+,85+,86-,87-,88-,92-,93-,94-/m0/s1. The molecule has 0 aliphatic carbocycles. The molecule has 0 spiro atoms. The molecule has 48 nitrogen and oxygen atoms in total. The van der Waals surface area contributed by atoms with Crippen molar-refractivity contribution in [1.29, 1.82) is 0 Å². The number of hydrogen-bond donors (Lipinski definition) is 28. The smallest absolute Gasteiger partial charge is 0.251 e. The van der Waals surface area contributed by atoms with Crippen LogP contribution in [0.15, 0.2) is 138 Å². The second-order valence-electron chi connectivity index (χ2n) is 35.4. The van der Waals surface area contributed by atoms with Gasteiger partial charge >= 0.3 is 0 Å². The number of nitrogens with one attached hydrogen (secondary N) is 4. The highest BCUT2D eigenvalue weighted by molar-refractivity contribution is 7.89. The van der Waals surface area contributed by atoms with Crippen molar-refractivity contribution in [1.82, 2.24) is 20.7 Å². The lowest BCUT2D eigenvalue weighted by atomic mass is 9.98. The van der Waals surface area contributed by atoms with Gasteiger partial charge in [0.1, 0.15) is 128 Å². The predicted octanol–water partition coefficient (Wildman–Crippen LogP) is -9.64. The van der Waals surface area contributed by atoms with Gasteiger partial charge in [0.05, 0.1) is 44.5 Å². The number of aliphatic hydroxyl groups excluding tert-OH is 24.